The number of nitrogens with one attached hydrogen (secondary N) is 1. The highest BCUT2D eigenvalue weighted by Gasteiger charge is 2.40. The Morgan fingerprint density at radius 1 is 1.23 bits per heavy atom. The number of furan rings is 1. The zero-order valence-corrected chi connectivity index (χ0v) is 14.8. The number of piperidine rings is 3. The summed E-state index contributed by atoms with van der Waals surface area (Å²) in [6.07, 6.45) is 5.27. The topological polar surface area (TPSA) is 78.5 Å². The van der Waals surface area contributed by atoms with Crippen molar-refractivity contribution in [3.8, 4) is 0 Å². The minimum absolute atomic E-state index is 0.0488. The molecule has 0 unspecified atom stereocenters. The lowest BCUT2D eigenvalue weighted by atomic mass is 9.79. The van der Waals surface area contributed by atoms with Gasteiger partial charge in [0.1, 0.15) is 12.0 Å². The van der Waals surface area contributed by atoms with Gasteiger partial charge in [-0.3, -0.25) is 14.5 Å². The minimum Gasteiger partial charge on any atom is -0.462 e. The third-order valence-electron chi connectivity index (χ3n) is 6.13. The monoisotopic (exact) mass is 354 g/mol. The van der Waals surface area contributed by atoms with Crippen molar-refractivity contribution in [2.45, 2.75) is 31.8 Å². The first-order valence-corrected chi connectivity index (χ1v) is 9.33. The van der Waals surface area contributed by atoms with Gasteiger partial charge in [-0.1, -0.05) is 0 Å². The molecule has 2 aromatic heterocycles. The summed E-state index contributed by atoms with van der Waals surface area (Å²) in [5.41, 5.74) is 1.37. The largest absolute Gasteiger partial charge is 0.462 e. The summed E-state index contributed by atoms with van der Waals surface area (Å²) >= 11 is 0. The molecule has 2 atom stereocenters. The molecule has 0 saturated carbocycles. The molecule has 6 heterocycles. The van der Waals surface area contributed by atoms with Gasteiger partial charge >= 0.3 is 0 Å². The van der Waals surface area contributed by atoms with Gasteiger partial charge in [-0.2, -0.15) is 0 Å². The van der Waals surface area contributed by atoms with Crippen LogP contribution in [0.4, 0.5) is 0 Å². The molecular weight excluding hydrogens is 332 g/mol. The molecule has 0 aromatic carbocycles. The van der Waals surface area contributed by atoms with Gasteiger partial charge in [0.15, 0.2) is 5.58 Å². The van der Waals surface area contributed by atoms with E-state index in [1.54, 1.807) is 11.0 Å². The molecule has 0 radical (unpaired) electrons. The fraction of sp³-hybridized carbons (Fsp3) is 0.526. The number of fused-ring (bicyclic) bond motifs is 4. The van der Waals surface area contributed by atoms with Crippen molar-refractivity contribution in [1.82, 2.24) is 20.1 Å². The van der Waals surface area contributed by atoms with Crippen molar-refractivity contribution >= 4 is 22.8 Å². The predicted molar refractivity (Wildman–Crippen MR) is 94.9 cm³/mol. The lowest BCUT2D eigenvalue weighted by Crippen LogP contribution is -2.62. The fourth-order valence-electron chi connectivity index (χ4n) is 4.42. The summed E-state index contributed by atoms with van der Waals surface area (Å²) in [6.45, 7) is 5.99. The summed E-state index contributed by atoms with van der Waals surface area (Å²) in [4.78, 5) is 33.6. The summed E-state index contributed by atoms with van der Waals surface area (Å²) < 4.78 is 5.44. The van der Waals surface area contributed by atoms with Crippen LogP contribution >= 0.6 is 0 Å². The second-order valence-corrected chi connectivity index (χ2v) is 7.62. The molecule has 4 saturated heterocycles. The van der Waals surface area contributed by atoms with Crippen LogP contribution in [0.25, 0.3) is 11.0 Å². The quantitative estimate of drug-likeness (QED) is 0.845. The second-order valence-electron chi connectivity index (χ2n) is 7.62. The predicted octanol–water partition coefficient (Wildman–Crippen LogP) is 1.50. The SMILES string of the molecule is C[C@H]1[C@H](NC(=O)c2cc3c(C(=O)N4CC4)coc3cn2)C2CCN1CC2. The highest BCUT2D eigenvalue weighted by molar-refractivity contribution is 6.08. The van der Waals surface area contributed by atoms with E-state index in [1.165, 1.54) is 12.5 Å². The zero-order valence-electron chi connectivity index (χ0n) is 14.8. The van der Waals surface area contributed by atoms with Crippen LogP contribution in [0.1, 0.15) is 40.6 Å². The van der Waals surface area contributed by atoms with E-state index in [0.29, 0.717) is 34.2 Å². The third kappa shape index (κ3) is 2.49. The molecule has 2 bridgehead atoms. The number of amides is 2. The maximum absolute atomic E-state index is 12.8. The Balaban J connectivity index is 1.40. The number of nitrogens with zero attached hydrogens (tertiary/aromatic N) is 3. The maximum atomic E-state index is 12.8. The molecule has 2 aromatic rings. The summed E-state index contributed by atoms with van der Waals surface area (Å²) in [7, 11) is 0. The summed E-state index contributed by atoms with van der Waals surface area (Å²) in [6, 6.07) is 2.19. The normalized spacial score (nSPS) is 29.8. The first-order valence-electron chi connectivity index (χ1n) is 9.33. The number of hydrogen-bond acceptors (Lipinski definition) is 5. The van der Waals surface area contributed by atoms with Gasteiger partial charge in [-0.25, -0.2) is 4.98 Å². The van der Waals surface area contributed by atoms with Gasteiger partial charge < -0.3 is 14.6 Å². The van der Waals surface area contributed by atoms with E-state index >= 15 is 0 Å². The highest BCUT2D eigenvalue weighted by Crippen LogP contribution is 2.32. The number of carbonyl (C=O) groups is 2. The highest BCUT2D eigenvalue weighted by atomic mass is 16.3. The summed E-state index contributed by atoms with van der Waals surface area (Å²) in [5.74, 6) is 0.313. The minimum atomic E-state index is -0.177. The van der Waals surface area contributed by atoms with Crippen molar-refractivity contribution in [2.75, 3.05) is 26.2 Å². The van der Waals surface area contributed by atoms with Crippen LogP contribution < -0.4 is 5.32 Å². The first kappa shape index (κ1) is 15.8. The Kier molecular flexibility index (Phi) is 3.53. The molecular formula is C19H22N4O3. The first-order chi connectivity index (χ1) is 12.6. The van der Waals surface area contributed by atoms with Crippen LogP contribution in [0.15, 0.2) is 22.9 Å². The van der Waals surface area contributed by atoms with Crippen molar-refractivity contribution in [3.05, 3.63) is 29.8 Å². The number of hydrogen-bond donors (Lipinski definition) is 1. The average molecular weight is 354 g/mol. The lowest BCUT2D eigenvalue weighted by molar-refractivity contribution is 0.0216. The number of aromatic nitrogens is 1. The lowest BCUT2D eigenvalue weighted by Gasteiger charge is -2.49. The molecule has 7 heteroatoms. The summed E-state index contributed by atoms with van der Waals surface area (Å²) in [5, 5.41) is 3.84. The molecule has 136 valence electrons. The molecule has 7 nitrogen and oxygen atoms in total. The Bertz CT molecular complexity index is 878. The average Bonchev–Trinajstić information content (AvgIpc) is 3.43. The smallest absolute Gasteiger partial charge is 0.270 e. The van der Waals surface area contributed by atoms with Gasteiger partial charge in [0.05, 0.1) is 11.8 Å². The van der Waals surface area contributed by atoms with E-state index in [-0.39, 0.29) is 17.9 Å². The van der Waals surface area contributed by atoms with E-state index < -0.39 is 0 Å². The Morgan fingerprint density at radius 3 is 2.69 bits per heavy atom. The van der Waals surface area contributed by atoms with Crippen molar-refractivity contribution in [2.24, 2.45) is 5.92 Å². The van der Waals surface area contributed by atoms with Gasteiger partial charge in [0.2, 0.25) is 0 Å². The molecule has 6 rings (SSSR count). The van der Waals surface area contributed by atoms with E-state index in [4.69, 9.17) is 4.42 Å². The van der Waals surface area contributed by atoms with Crippen molar-refractivity contribution < 1.29 is 14.0 Å². The standard InChI is InChI=1S/C19H22N4O3/c1-11-17(12-2-4-22(11)5-3-12)21-18(24)15-8-13-14(19(25)23-6-7-23)10-26-16(13)9-20-15/h8-12,17H,2-7H2,1H3,(H,21,24)/t11-,17-/m0/s1. The number of carbonyl (C=O) groups excluding carboxylic acids is 2. The van der Waals surface area contributed by atoms with E-state index in [1.807, 2.05) is 0 Å². The molecule has 2 amide bonds. The van der Waals surface area contributed by atoms with Gasteiger partial charge in [0.25, 0.3) is 11.8 Å². The van der Waals surface area contributed by atoms with Crippen LogP contribution in [-0.4, -0.2) is 64.9 Å². The number of rotatable bonds is 3. The molecule has 0 spiro atoms. The van der Waals surface area contributed by atoms with Crippen LogP contribution in [-0.2, 0) is 0 Å². The van der Waals surface area contributed by atoms with Crippen molar-refractivity contribution in [1.29, 1.82) is 0 Å². The molecule has 26 heavy (non-hydrogen) atoms. The zero-order chi connectivity index (χ0) is 17.8. The van der Waals surface area contributed by atoms with Crippen LogP contribution in [0.2, 0.25) is 0 Å². The molecule has 1 N–H and O–H groups in total. The van der Waals surface area contributed by atoms with E-state index in [2.05, 4.69) is 22.1 Å². The van der Waals surface area contributed by atoms with Crippen LogP contribution in [0.5, 0.6) is 0 Å². The molecule has 4 fully saturated rings. The molecule has 4 aliphatic rings. The fourth-order valence-corrected chi connectivity index (χ4v) is 4.42. The van der Waals surface area contributed by atoms with Gasteiger partial charge in [-0.15, -0.1) is 0 Å². The van der Waals surface area contributed by atoms with Crippen LogP contribution in [0.3, 0.4) is 0 Å². The van der Waals surface area contributed by atoms with Gasteiger partial charge in [-0.05, 0) is 44.8 Å². The van der Waals surface area contributed by atoms with E-state index in [0.717, 1.165) is 39.0 Å². The number of pyridine rings is 1. The third-order valence-corrected chi connectivity index (χ3v) is 6.13. The van der Waals surface area contributed by atoms with Crippen LogP contribution in [0, 0.1) is 5.92 Å². The van der Waals surface area contributed by atoms with Crippen molar-refractivity contribution in [3.63, 3.8) is 0 Å². The Hall–Kier alpha value is -2.41. The second kappa shape index (κ2) is 5.81. The molecule has 4 aliphatic heterocycles. The maximum Gasteiger partial charge on any atom is 0.270 e. The molecule has 0 aliphatic carbocycles. The van der Waals surface area contributed by atoms with E-state index in [9.17, 15) is 9.59 Å². The van der Waals surface area contributed by atoms with Gasteiger partial charge in [0, 0.05) is 30.6 Å². The Labute approximate surface area is 151 Å². The Morgan fingerprint density at radius 2 is 2.00 bits per heavy atom.